The molecule has 204 valence electrons. The molecule has 0 heterocycles. The van der Waals surface area contributed by atoms with Gasteiger partial charge in [-0.05, 0) is 39.9 Å². The first-order valence-corrected chi connectivity index (χ1v) is 12.0. The number of hydrogen-bond acceptors (Lipinski definition) is 7. The Balaban J connectivity index is 0.000000403. The second kappa shape index (κ2) is 13.1. The van der Waals surface area contributed by atoms with Gasteiger partial charge in [-0.15, -0.1) is 0 Å². The zero-order valence-electron chi connectivity index (χ0n) is 20.8. The number of hydrogen-bond donors (Lipinski definition) is 6. The first-order chi connectivity index (χ1) is 18.6. The summed E-state index contributed by atoms with van der Waals surface area (Å²) in [6.45, 7) is 0.116. The molecule has 39 heavy (non-hydrogen) atoms. The molecule has 0 saturated carbocycles. The number of aromatic hydroxyl groups is 1. The van der Waals surface area contributed by atoms with E-state index in [1.165, 1.54) is 12.1 Å². The van der Waals surface area contributed by atoms with Crippen LogP contribution in [-0.2, 0) is 25.5 Å². The number of phenols is 1. The predicted molar refractivity (Wildman–Crippen MR) is 141 cm³/mol. The van der Waals surface area contributed by atoms with Crippen molar-refractivity contribution in [2.45, 2.75) is 30.8 Å². The molecule has 3 aromatic rings. The summed E-state index contributed by atoms with van der Waals surface area (Å²) in [5, 5.41) is 29.3. The fraction of sp³-hybridized carbons (Fsp3) is 0.214. The van der Waals surface area contributed by atoms with E-state index in [0.717, 1.165) is 22.3 Å². The Kier molecular flexibility index (Phi) is 9.60. The number of carbonyl (C=O) groups is 4. The summed E-state index contributed by atoms with van der Waals surface area (Å²) in [7, 11) is 0. The lowest BCUT2D eigenvalue weighted by molar-refractivity contribution is -0.140. The number of ether oxygens (including phenoxy) is 1. The van der Waals surface area contributed by atoms with Gasteiger partial charge in [-0.1, -0.05) is 60.7 Å². The molecule has 0 aliphatic heterocycles. The number of carbonyl (C=O) groups excluding carboxylic acids is 2. The highest BCUT2D eigenvalue weighted by Gasteiger charge is 2.29. The molecule has 1 aliphatic rings. The molecule has 2 atom stereocenters. The van der Waals surface area contributed by atoms with E-state index in [1.54, 1.807) is 12.1 Å². The third-order valence-corrected chi connectivity index (χ3v) is 6.05. The second-order valence-corrected chi connectivity index (χ2v) is 8.85. The molecule has 11 heteroatoms. The lowest BCUT2D eigenvalue weighted by atomic mass is 9.98. The van der Waals surface area contributed by atoms with E-state index in [0.29, 0.717) is 5.56 Å². The van der Waals surface area contributed by atoms with Gasteiger partial charge in [-0.3, -0.25) is 9.59 Å². The smallest absolute Gasteiger partial charge is 0.407 e. The van der Waals surface area contributed by atoms with Crippen LogP contribution >= 0.6 is 0 Å². The van der Waals surface area contributed by atoms with Gasteiger partial charge in [0.25, 0.3) is 0 Å². The minimum absolute atomic E-state index is 0.0831. The van der Waals surface area contributed by atoms with Gasteiger partial charge >= 0.3 is 18.0 Å². The molecule has 4 rings (SSSR count). The average Bonchev–Trinajstić information content (AvgIpc) is 3.22. The number of alkyl carbamates (subject to hydrolysis) is 1. The summed E-state index contributed by atoms with van der Waals surface area (Å²) in [4.78, 5) is 43.8. The van der Waals surface area contributed by atoms with E-state index >= 15 is 0 Å². The first-order valence-electron chi connectivity index (χ1n) is 12.0. The van der Waals surface area contributed by atoms with Crippen molar-refractivity contribution in [3.8, 4) is 16.9 Å². The summed E-state index contributed by atoms with van der Waals surface area (Å²) in [5.41, 5.74) is 14.7. The van der Waals surface area contributed by atoms with Crippen molar-refractivity contribution >= 4 is 23.9 Å². The number of carboxylic acid groups (broad SMARTS) is 2. The fourth-order valence-electron chi connectivity index (χ4n) is 4.15. The van der Waals surface area contributed by atoms with Gasteiger partial charge < -0.3 is 36.8 Å². The summed E-state index contributed by atoms with van der Waals surface area (Å²) in [6, 6.07) is 19.9. The van der Waals surface area contributed by atoms with Crippen LogP contribution in [0.1, 0.15) is 29.0 Å². The molecule has 8 N–H and O–H groups in total. The third-order valence-electron chi connectivity index (χ3n) is 6.05. The Morgan fingerprint density at radius 2 is 1.38 bits per heavy atom. The molecule has 0 bridgehead atoms. The van der Waals surface area contributed by atoms with Crippen molar-refractivity contribution in [3.63, 3.8) is 0 Å². The highest BCUT2D eigenvalue weighted by atomic mass is 16.5. The van der Waals surface area contributed by atoms with Crippen molar-refractivity contribution in [2.75, 3.05) is 6.61 Å². The molecular formula is C28H29N3O8. The van der Waals surface area contributed by atoms with Crippen LogP contribution in [0.4, 0.5) is 4.79 Å². The molecule has 3 aromatic carbocycles. The molecular weight excluding hydrogens is 506 g/mol. The van der Waals surface area contributed by atoms with Crippen molar-refractivity contribution in [1.82, 2.24) is 5.32 Å². The van der Waals surface area contributed by atoms with E-state index in [9.17, 15) is 29.4 Å². The van der Waals surface area contributed by atoms with Crippen molar-refractivity contribution in [2.24, 2.45) is 11.5 Å². The van der Waals surface area contributed by atoms with Crippen LogP contribution in [0, 0.1) is 0 Å². The van der Waals surface area contributed by atoms with Crippen LogP contribution < -0.4 is 16.8 Å². The van der Waals surface area contributed by atoms with Gasteiger partial charge in [0.2, 0.25) is 5.91 Å². The second-order valence-electron chi connectivity index (χ2n) is 8.85. The zero-order chi connectivity index (χ0) is 28.5. The van der Waals surface area contributed by atoms with Crippen LogP contribution in [0.25, 0.3) is 11.1 Å². The number of amides is 2. The third kappa shape index (κ3) is 7.79. The molecule has 0 radical (unpaired) electrons. The van der Waals surface area contributed by atoms with Crippen LogP contribution in [0.3, 0.4) is 0 Å². The SMILES string of the molecule is NC(=O)CC(N)C(=O)O.O=C(NC(Cc1ccc(O)cc1)C(=O)O)OCC1c2ccccc2-c2ccccc21. The van der Waals surface area contributed by atoms with E-state index in [4.69, 9.17) is 15.6 Å². The lowest BCUT2D eigenvalue weighted by Gasteiger charge is -2.17. The minimum atomic E-state index is -1.21. The van der Waals surface area contributed by atoms with Gasteiger partial charge in [0.1, 0.15) is 24.4 Å². The van der Waals surface area contributed by atoms with Crippen LogP contribution in [-0.4, -0.2) is 57.9 Å². The summed E-state index contributed by atoms with van der Waals surface area (Å²) < 4.78 is 5.42. The number of rotatable bonds is 9. The quantitative estimate of drug-likeness (QED) is 0.237. The Morgan fingerprint density at radius 3 is 1.85 bits per heavy atom. The monoisotopic (exact) mass is 535 g/mol. The van der Waals surface area contributed by atoms with E-state index in [1.807, 2.05) is 48.5 Å². The largest absolute Gasteiger partial charge is 0.508 e. The predicted octanol–water partition coefficient (Wildman–Crippen LogP) is 2.20. The topological polar surface area (TPSA) is 202 Å². The Labute approximate surface area is 224 Å². The Morgan fingerprint density at radius 1 is 0.846 bits per heavy atom. The molecule has 0 aromatic heterocycles. The summed E-state index contributed by atoms with van der Waals surface area (Å²) in [5.74, 6) is -3.08. The molecule has 0 spiro atoms. The maximum atomic E-state index is 12.3. The number of primary amides is 1. The van der Waals surface area contributed by atoms with E-state index < -0.39 is 36.0 Å². The molecule has 0 saturated heterocycles. The van der Waals surface area contributed by atoms with Gasteiger partial charge in [0, 0.05) is 12.3 Å². The minimum Gasteiger partial charge on any atom is -0.508 e. The highest BCUT2D eigenvalue weighted by Crippen LogP contribution is 2.44. The molecule has 2 amide bonds. The summed E-state index contributed by atoms with van der Waals surface area (Å²) >= 11 is 0. The number of carboxylic acids is 2. The average molecular weight is 536 g/mol. The zero-order valence-corrected chi connectivity index (χ0v) is 20.8. The standard InChI is InChI=1S/C24H21NO5.C4H8N2O3/c26-16-11-9-15(10-12-16)13-22(23(27)28)25-24(29)30-14-21-19-7-3-1-5-17(19)18-6-2-4-8-20(18)21;5-2(4(8)9)1-3(6)7/h1-12,21-22,26H,13-14H2,(H,25,29)(H,27,28);2H,1,5H2,(H2,6,7)(H,8,9). The first kappa shape index (κ1) is 28.7. The lowest BCUT2D eigenvalue weighted by Crippen LogP contribution is -2.42. The van der Waals surface area contributed by atoms with Gasteiger partial charge in [0.15, 0.2) is 0 Å². The van der Waals surface area contributed by atoms with Crippen LogP contribution in [0.15, 0.2) is 72.8 Å². The highest BCUT2D eigenvalue weighted by molar-refractivity contribution is 5.83. The number of benzene rings is 3. The van der Waals surface area contributed by atoms with Crippen LogP contribution in [0.5, 0.6) is 5.75 Å². The van der Waals surface area contributed by atoms with Crippen LogP contribution in [0.2, 0.25) is 0 Å². The molecule has 2 unspecified atom stereocenters. The van der Waals surface area contributed by atoms with Crippen molar-refractivity contribution < 1.29 is 39.2 Å². The van der Waals surface area contributed by atoms with Crippen molar-refractivity contribution in [1.29, 1.82) is 0 Å². The van der Waals surface area contributed by atoms with Gasteiger partial charge in [-0.25, -0.2) is 9.59 Å². The number of aliphatic carboxylic acids is 2. The maximum Gasteiger partial charge on any atom is 0.407 e. The fourth-order valence-corrected chi connectivity index (χ4v) is 4.15. The maximum absolute atomic E-state index is 12.3. The molecule has 0 fully saturated rings. The van der Waals surface area contributed by atoms with E-state index in [-0.39, 0.29) is 31.1 Å². The number of phenolic OH excluding ortho intramolecular Hbond substituents is 1. The Bertz CT molecular complexity index is 1300. The van der Waals surface area contributed by atoms with E-state index in [2.05, 4.69) is 11.1 Å². The number of fused-ring (bicyclic) bond motifs is 3. The number of nitrogens with two attached hydrogens (primary N) is 2. The molecule has 11 nitrogen and oxygen atoms in total. The van der Waals surface area contributed by atoms with Gasteiger partial charge in [-0.2, -0.15) is 0 Å². The normalized spacial score (nSPS) is 13.1. The Hall–Kier alpha value is -4.90. The molecule has 1 aliphatic carbocycles. The number of nitrogens with one attached hydrogen (secondary N) is 1. The van der Waals surface area contributed by atoms with Crippen molar-refractivity contribution in [3.05, 3.63) is 89.5 Å². The summed E-state index contributed by atoms with van der Waals surface area (Å²) in [6.07, 6.45) is -1.00. The van der Waals surface area contributed by atoms with Gasteiger partial charge in [0.05, 0.1) is 6.42 Å².